The molecule has 2 nitrogen and oxygen atoms in total. The summed E-state index contributed by atoms with van der Waals surface area (Å²) in [5, 5.41) is 8.29. The van der Waals surface area contributed by atoms with Gasteiger partial charge < -0.3 is 4.90 Å². The molecular formula is C16H24N2. The van der Waals surface area contributed by atoms with Crippen LogP contribution in [0.15, 0.2) is 30.3 Å². The number of nitrogens with zero attached hydrogens (tertiary/aromatic N) is 1. The summed E-state index contributed by atoms with van der Waals surface area (Å²) in [4.78, 5) is 2.17. The number of hydrogen-bond acceptors (Lipinski definition) is 1. The predicted octanol–water partition coefficient (Wildman–Crippen LogP) is 3.91. The van der Waals surface area contributed by atoms with Crippen LogP contribution in [-0.2, 0) is 0 Å². The molecule has 1 aromatic rings. The lowest BCUT2D eigenvalue weighted by Gasteiger charge is -2.35. The number of rotatable bonds is 3. The van der Waals surface area contributed by atoms with Crippen LogP contribution in [0.3, 0.4) is 0 Å². The molecule has 0 aromatic heterocycles. The van der Waals surface area contributed by atoms with Crippen molar-refractivity contribution in [2.24, 2.45) is 5.92 Å². The smallest absolute Gasteiger partial charge is 0.128 e. The molecule has 1 fully saturated rings. The highest BCUT2D eigenvalue weighted by Gasteiger charge is 2.24. The molecule has 1 aliphatic carbocycles. The zero-order valence-corrected chi connectivity index (χ0v) is 11.5. The lowest BCUT2D eigenvalue weighted by atomic mass is 9.84. The van der Waals surface area contributed by atoms with E-state index >= 15 is 0 Å². The maximum Gasteiger partial charge on any atom is 0.128 e. The third kappa shape index (κ3) is 2.92. The Labute approximate surface area is 111 Å². The first-order valence-electron chi connectivity index (χ1n) is 7.09. The summed E-state index contributed by atoms with van der Waals surface area (Å²) in [6.45, 7) is 2.29. The summed E-state index contributed by atoms with van der Waals surface area (Å²) >= 11 is 0. The Hall–Kier alpha value is -1.31. The van der Waals surface area contributed by atoms with Crippen molar-refractivity contribution in [2.75, 3.05) is 7.05 Å². The zero-order chi connectivity index (χ0) is 13.0. The fourth-order valence-corrected chi connectivity index (χ4v) is 2.92. The van der Waals surface area contributed by atoms with Gasteiger partial charge in [0.05, 0.1) is 0 Å². The highest BCUT2D eigenvalue weighted by molar-refractivity contribution is 5.96. The molecule has 0 radical (unpaired) electrons. The molecular weight excluding hydrogens is 220 g/mol. The molecule has 1 aliphatic rings. The minimum absolute atomic E-state index is 0.556. The second kappa shape index (κ2) is 6.03. The van der Waals surface area contributed by atoms with Gasteiger partial charge in [-0.15, -0.1) is 0 Å². The molecule has 0 unspecified atom stereocenters. The Kier molecular flexibility index (Phi) is 4.40. The Morgan fingerprint density at radius 2 is 1.78 bits per heavy atom. The Balaban J connectivity index is 1.96. The molecule has 0 atom stereocenters. The number of benzene rings is 1. The Morgan fingerprint density at radius 1 is 1.17 bits per heavy atom. The van der Waals surface area contributed by atoms with E-state index in [0.717, 1.165) is 11.5 Å². The van der Waals surface area contributed by atoms with E-state index in [1.165, 1.54) is 32.1 Å². The van der Waals surface area contributed by atoms with Crippen molar-refractivity contribution >= 4 is 5.84 Å². The minimum atomic E-state index is 0.556. The maximum atomic E-state index is 8.29. The van der Waals surface area contributed by atoms with Crippen molar-refractivity contribution in [1.82, 2.24) is 4.90 Å². The van der Waals surface area contributed by atoms with Gasteiger partial charge in [0.25, 0.3) is 0 Å². The topological polar surface area (TPSA) is 27.1 Å². The SMILES string of the molecule is CCC1CCC(N(C)C(=N)c2ccccc2)CC1. The van der Waals surface area contributed by atoms with Crippen LogP contribution in [0.5, 0.6) is 0 Å². The van der Waals surface area contributed by atoms with Crippen molar-refractivity contribution in [2.45, 2.75) is 45.1 Å². The van der Waals surface area contributed by atoms with Gasteiger partial charge in [0, 0.05) is 18.7 Å². The van der Waals surface area contributed by atoms with E-state index in [4.69, 9.17) is 5.41 Å². The van der Waals surface area contributed by atoms with Gasteiger partial charge in [-0.2, -0.15) is 0 Å². The van der Waals surface area contributed by atoms with E-state index in [1.54, 1.807) is 0 Å². The van der Waals surface area contributed by atoms with E-state index in [2.05, 4.69) is 18.9 Å². The van der Waals surface area contributed by atoms with Gasteiger partial charge in [-0.3, -0.25) is 5.41 Å². The standard InChI is InChI=1S/C16H24N2/c1-3-13-9-11-15(12-10-13)18(2)16(17)14-7-5-4-6-8-14/h4-8,13,15,17H,3,9-12H2,1-2H3. The van der Waals surface area contributed by atoms with Crippen molar-refractivity contribution in [3.63, 3.8) is 0 Å². The van der Waals surface area contributed by atoms with Gasteiger partial charge in [-0.05, 0) is 31.6 Å². The molecule has 1 N–H and O–H groups in total. The molecule has 1 saturated carbocycles. The van der Waals surface area contributed by atoms with E-state index in [1.807, 2.05) is 30.3 Å². The van der Waals surface area contributed by atoms with Crippen LogP contribution in [0, 0.1) is 11.3 Å². The molecule has 2 rings (SSSR count). The third-order valence-electron chi connectivity index (χ3n) is 4.34. The Morgan fingerprint density at radius 3 is 2.33 bits per heavy atom. The van der Waals surface area contributed by atoms with Crippen LogP contribution in [0.4, 0.5) is 0 Å². The zero-order valence-electron chi connectivity index (χ0n) is 11.5. The normalized spacial score (nSPS) is 23.7. The van der Waals surface area contributed by atoms with E-state index in [-0.39, 0.29) is 0 Å². The summed E-state index contributed by atoms with van der Waals surface area (Å²) in [6, 6.07) is 10.6. The lowest BCUT2D eigenvalue weighted by Crippen LogP contribution is -2.39. The molecule has 0 spiro atoms. The minimum Gasteiger partial charge on any atom is -0.357 e. The largest absolute Gasteiger partial charge is 0.357 e. The van der Waals surface area contributed by atoms with Crippen LogP contribution in [-0.4, -0.2) is 23.8 Å². The molecule has 0 amide bonds. The summed E-state index contributed by atoms with van der Waals surface area (Å²) < 4.78 is 0. The first-order valence-corrected chi connectivity index (χ1v) is 7.09. The second-order valence-electron chi connectivity index (χ2n) is 5.41. The van der Waals surface area contributed by atoms with Crippen LogP contribution in [0.25, 0.3) is 0 Å². The summed E-state index contributed by atoms with van der Waals surface area (Å²) in [5.74, 6) is 1.58. The van der Waals surface area contributed by atoms with Crippen molar-refractivity contribution in [3.05, 3.63) is 35.9 Å². The van der Waals surface area contributed by atoms with Crippen molar-refractivity contribution in [1.29, 1.82) is 5.41 Å². The maximum absolute atomic E-state index is 8.29. The van der Waals surface area contributed by atoms with Gasteiger partial charge in [-0.1, -0.05) is 43.7 Å². The van der Waals surface area contributed by atoms with Gasteiger partial charge in [0.15, 0.2) is 0 Å². The fraction of sp³-hybridized carbons (Fsp3) is 0.562. The Bertz CT molecular complexity index is 377. The molecule has 0 heterocycles. The van der Waals surface area contributed by atoms with Crippen LogP contribution < -0.4 is 0 Å². The average molecular weight is 244 g/mol. The molecule has 0 bridgehead atoms. The van der Waals surface area contributed by atoms with Crippen molar-refractivity contribution < 1.29 is 0 Å². The van der Waals surface area contributed by atoms with Gasteiger partial charge >= 0.3 is 0 Å². The first kappa shape index (κ1) is 13.1. The first-order chi connectivity index (χ1) is 8.72. The molecule has 2 heteroatoms. The number of nitrogens with one attached hydrogen (secondary N) is 1. The van der Waals surface area contributed by atoms with Crippen LogP contribution in [0.1, 0.15) is 44.6 Å². The van der Waals surface area contributed by atoms with E-state index in [0.29, 0.717) is 11.9 Å². The summed E-state index contributed by atoms with van der Waals surface area (Å²) in [7, 11) is 2.08. The fourth-order valence-electron chi connectivity index (χ4n) is 2.92. The van der Waals surface area contributed by atoms with Crippen molar-refractivity contribution in [3.8, 4) is 0 Å². The summed E-state index contributed by atoms with van der Waals surface area (Å²) in [6.07, 6.45) is 6.45. The molecule has 1 aromatic carbocycles. The number of amidine groups is 1. The van der Waals surface area contributed by atoms with E-state index in [9.17, 15) is 0 Å². The highest BCUT2D eigenvalue weighted by Crippen LogP contribution is 2.29. The predicted molar refractivity (Wildman–Crippen MR) is 77.1 cm³/mol. The third-order valence-corrected chi connectivity index (χ3v) is 4.34. The summed E-state index contributed by atoms with van der Waals surface area (Å²) in [5.41, 5.74) is 1.03. The lowest BCUT2D eigenvalue weighted by molar-refractivity contribution is 0.226. The van der Waals surface area contributed by atoms with Gasteiger partial charge in [0.1, 0.15) is 5.84 Å². The second-order valence-corrected chi connectivity index (χ2v) is 5.41. The van der Waals surface area contributed by atoms with Gasteiger partial charge in [0.2, 0.25) is 0 Å². The van der Waals surface area contributed by atoms with Crippen LogP contribution in [0.2, 0.25) is 0 Å². The number of hydrogen-bond donors (Lipinski definition) is 1. The van der Waals surface area contributed by atoms with Gasteiger partial charge in [-0.25, -0.2) is 0 Å². The monoisotopic (exact) mass is 244 g/mol. The molecule has 18 heavy (non-hydrogen) atoms. The molecule has 98 valence electrons. The highest BCUT2D eigenvalue weighted by atomic mass is 15.2. The quantitative estimate of drug-likeness (QED) is 0.633. The molecule has 0 aliphatic heterocycles. The molecule has 0 saturated heterocycles. The van der Waals surface area contributed by atoms with Crippen LogP contribution >= 0.6 is 0 Å². The average Bonchev–Trinajstić information content (AvgIpc) is 2.47. The van der Waals surface area contributed by atoms with E-state index < -0.39 is 0 Å².